The molecule has 0 saturated heterocycles. The molecule has 3 nitrogen and oxygen atoms in total. The maximum atomic E-state index is 13.4. The highest BCUT2D eigenvalue weighted by atomic mass is 35.5. The molecule has 0 aromatic heterocycles. The average Bonchev–Trinajstić information content (AvgIpc) is 2.38. The van der Waals surface area contributed by atoms with Gasteiger partial charge in [-0.1, -0.05) is 23.7 Å². The summed E-state index contributed by atoms with van der Waals surface area (Å²) < 4.78 is 13.4. The number of primary amides is 1. The fraction of sp³-hybridized carbons (Fsp3) is 0.188. The third-order valence-electron chi connectivity index (χ3n) is 3.17. The lowest BCUT2D eigenvalue weighted by molar-refractivity contribution is -0.118. The standard InChI is InChI=1S/C16H16ClFN2O/c1-9-5-12(18)8-13(6-9)20-15(16(19)21)11-4-3-10(2)14(17)7-11/h3-8,15,20H,1-2H3,(H2,19,21). The number of benzene rings is 2. The molecule has 2 rings (SSSR count). The molecule has 0 aliphatic rings. The van der Waals surface area contributed by atoms with Crippen LogP contribution in [0.3, 0.4) is 0 Å². The van der Waals surface area contributed by atoms with Gasteiger partial charge in [-0.05, 0) is 54.8 Å². The lowest BCUT2D eigenvalue weighted by Crippen LogP contribution is -2.27. The van der Waals surface area contributed by atoms with Crippen LogP contribution in [0.5, 0.6) is 0 Å². The third-order valence-corrected chi connectivity index (χ3v) is 3.57. The molecule has 0 fully saturated rings. The van der Waals surface area contributed by atoms with Crippen molar-refractivity contribution in [3.8, 4) is 0 Å². The molecule has 2 aromatic rings. The van der Waals surface area contributed by atoms with Crippen LogP contribution in [0, 0.1) is 19.7 Å². The number of rotatable bonds is 4. The fourth-order valence-corrected chi connectivity index (χ4v) is 2.28. The summed E-state index contributed by atoms with van der Waals surface area (Å²) in [5, 5.41) is 3.50. The SMILES string of the molecule is Cc1cc(F)cc(NC(C(N)=O)c2ccc(C)c(Cl)c2)c1. The number of nitrogens with two attached hydrogens (primary N) is 1. The van der Waals surface area contributed by atoms with Crippen molar-refractivity contribution in [3.63, 3.8) is 0 Å². The molecule has 0 aliphatic carbocycles. The van der Waals surface area contributed by atoms with E-state index in [1.807, 2.05) is 13.0 Å². The number of amides is 1. The first-order chi connectivity index (χ1) is 9.86. The Balaban J connectivity index is 2.35. The van der Waals surface area contributed by atoms with Crippen molar-refractivity contribution in [2.45, 2.75) is 19.9 Å². The van der Waals surface area contributed by atoms with Crippen LogP contribution >= 0.6 is 11.6 Å². The van der Waals surface area contributed by atoms with Crippen molar-refractivity contribution in [2.24, 2.45) is 5.73 Å². The number of hydrogen-bond donors (Lipinski definition) is 2. The van der Waals surface area contributed by atoms with Gasteiger partial charge in [-0.15, -0.1) is 0 Å². The van der Waals surface area contributed by atoms with Crippen LogP contribution in [-0.4, -0.2) is 5.91 Å². The number of carbonyl (C=O) groups excluding carboxylic acids is 1. The van der Waals surface area contributed by atoms with Crippen LogP contribution in [0.4, 0.5) is 10.1 Å². The molecule has 0 aliphatic heterocycles. The number of carbonyl (C=O) groups is 1. The summed E-state index contributed by atoms with van der Waals surface area (Å²) in [6.45, 7) is 3.64. The van der Waals surface area contributed by atoms with Gasteiger partial charge < -0.3 is 11.1 Å². The topological polar surface area (TPSA) is 55.1 Å². The molecule has 1 amide bonds. The Morgan fingerprint density at radius 1 is 1.24 bits per heavy atom. The van der Waals surface area contributed by atoms with Crippen LogP contribution < -0.4 is 11.1 Å². The molecule has 5 heteroatoms. The summed E-state index contributed by atoms with van der Waals surface area (Å²) in [6.07, 6.45) is 0. The molecule has 0 bridgehead atoms. The Labute approximate surface area is 127 Å². The molecule has 2 aromatic carbocycles. The van der Waals surface area contributed by atoms with E-state index in [2.05, 4.69) is 5.32 Å². The minimum absolute atomic E-state index is 0.373. The van der Waals surface area contributed by atoms with E-state index >= 15 is 0 Å². The lowest BCUT2D eigenvalue weighted by Gasteiger charge is -2.18. The first-order valence-corrected chi connectivity index (χ1v) is 6.83. The second kappa shape index (κ2) is 6.14. The number of hydrogen-bond acceptors (Lipinski definition) is 2. The largest absolute Gasteiger partial charge is 0.370 e. The van der Waals surface area contributed by atoms with Crippen LogP contribution in [0.1, 0.15) is 22.7 Å². The zero-order chi connectivity index (χ0) is 15.6. The van der Waals surface area contributed by atoms with Gasteiger partial charge in [-0.3, -0.25) is 4.79 Å². The van der Waals surface area contributed by atoms with Crippen molar-refractivity contribution < 1.29 is 9.18 Å². The first-order valence-electron chi connectivity index (χ1n) is 6.46. The van der Waals surface area contributed by atoms with E-state index in [1.54, 1.807) is 25.1 Å². The summed E-state index contributed by atoms with van der Waals surface area (Å²) in [6, 6.07) is 8.97. The van der Waals surface area contributed by atoms with Gasteiger partial charge in [0.2, 0.25) is 5.91 Å². The number of aryl methyl sites for hydroxylation is 2. The van der Waals surface area contributed by atoms with Crippen LogP contribution in [0.25, 0.3) is 0 Å². The highest BCUT2D eigenvalue weighted by Gasteiger charge is 2.18. The molecule has 0 spiro atoms. The summed E-state index contributed by atoms with van der Waals surface area (Å²) in [5.74, 6) is -0.931. The van der Waals surface area contributed by atoms with E-state index in [0.717, 1.165) is 11.1 Å². The van der Waals surface area contributed by atoms with Crippen molar-refractivity contribution in [1.29, 1.82) is 0 Å². The summed E-state index contributed by atoms with van der Waals surface area (Å²) >= 11 is 6.08. The van der Waals surface area contributed by atoms with Gasteiger partial charge in [0.25, 0.3) is 0 Å². The summed E-state index contributed by atoms with van der Waals surface area (Å²) in [7, 11) is 0. The monoisotopic (exact) mass is 306 g/mol. The van der Waals surface area contributed by atoms with E-state index in [0.29, 0.717) is 16.3 Å². The Morgan fingerprint density at radius 2 is 1.95 bits per heavy atom. The second-order valence-corrected chi connectivity index (χ2v) is 5.41. The highest BCUT2D eigenvalue weighted by molar-refractivity contribution is 6.31. The zero-order valence-electron chi connectivity index (χ0n) is 11.8. The Kier molecular flexibility index (Phi) is 4.48. The van der Waals surface area contributed by atoms with E-state index in [1.165, 1.54) is 12.1 Å². The van der Waals surface area contributed by atoms with Crippen molar-refractivity contribution in [1.82, 2.24) is 0 Å². The van der Waals surface area contributed by atoms with Gasteiger partial charge in [0, 0.05) is 10.7 Å². The van der Waals surface area contributed by atoms with Crippen LogP contribution in [0.2, 0.25) is 5.02 Å². The van der Waals surface area contributed by atoms with Gasteiger partial charge in [0.05, 0.1) is 0 Å². The Hall–Kier alpha value is -2.07. The predicted octanol–water partition coefficient (Wildman–Crippen LogP) is 3.73. The van der Waals surface area contributed by atoms with Gasteiger partial charge in [0.15, 0.2) is 0 Å². The van der Waals surface area contributed by atoms with Crippen LogP contribution in [-0.2, 0) is 4.79 Å². The number of nitrogens with one attached hydrogen (secondary N) is 1. The zero-order valence-corrected chi connectivity index (χ0v) is 12.5. The van der Waals surface area contributed by atoms with Gasteiger partial charge in [0.1, 0.15) is 11.9 Å². The third kappa shape index (κ3) is 3.73. The Bertz CT molecular complexity index is 668. The number of halogens is 2. The molecular formula is C16H16ClFN2O. The molecule has 0 saturated carbocycles. The quantitative estimate of drug-likeness (QED) is 0.904. The van der Waals surface area contributed by atoms with Crippen LogP contribution in [0.15, 0.2) is 36.4 Å². The fourth-order valence-electron chi connectivity index (χ4n) is 2.09. The van der Waals surface area contributed by atoms with E-state index in [9.17, 15) is 9.18 Å². The van der Waals surface area contributed by atoms with Gasteiger partial charge >= 0.3 is 0 Å². The van der Waals surface area contributed by atoms with Crippen molar-refractivity contribution >= 4 is 23.2 Å². The Morgan fingerprint density at radius 3 is 2.52 bits per heavy atom. The molecule has 3 N–H and O–H groups in total. The summed E-state index contributed by atoms with van der Waals surface area (Å²) in [5.41, 5.74) is 8.24. The maximum absolute atomic E-state index is 13.4. The van der Waals surface area contributed by atoms with Crippen molar-refractivity contribution in [3.05, 3.63) is 63.9 Å². The lowest BCUT2D eigenvalue weighted by atomic mass is 10.0. The average molecular weight is 307 g/mol. The molecular weight excluding hydrogens is 291 g/mol. The van der Waals surface area contributed by atoms with Crippen molar-refractivity contribution in [2.75, 3.05) is 5.32 Å². The highest BCUT2D eigenvalue weighted by Crippen LogP contribution is 2.25. The molecule has 0 heterocycles. The molecule has 1 unspecified atom stereocenters. The first kappa shape index (κ1) is 15.3. The normalized spacial score (nSPS) is 12.0. The van der Waals surface area contributed by atoms with E-state index in [4.69, 9.17) is 17.3 Å². The predicted molar refractivity (Wildman–Crippen MR) is 82.9 cm³/mol. The van der Waals surface area contributed by atoms with E-state index < -0.39 is 11.9 Å². The van der Waals surface area contributed by atoms with Gasteiger partial charge in [-0.2, -0.15) is 0 Å². The minimum atomic E-state index is -0.774. The van der Waals surface area contributed by atoms with Gasteiger partial charge in [-0.25, -0.2) is 4.39 Å². The summed E-state index contributed by atoms with van der Waals surface area (Å²) in [4.78, 5) is 11.7. The smallest absolute Gasteiger partial charge is 0.244 e. The maximum Gasteiger partial charge on any atom is 0.244 e. The molecule has 21 heavy (non-hydrogen) atoms. The second-order valence-electron chi connectivity index (χ2n) is 5.01. The minimum Gasteiger partial charge on any atom is -0.370 e. The molecule has 0 radical (unpaired) electrons. The van der Waals surface area contributed by atoms with E-state index in [-0.39, 0.29) is 5.82 Å². The molecule has 1 atom stereocenters. The molecule has 110 valence electrons. The number of anilines is 1.